The fourth-order valence-electron chi connectivity index (χ4n) is 2.78. The summed E-state index contributed by atoms with van der Waals surface area (Å²) in [6.45, 7) is 8.83. The van der Waals surface area contributed by atoms with Gasteiger partial charge in [0, 0.05) is 17.2 Å². The summed E-state index contributed by atoms with van der Waals surface area (Å²) in [7, 11) is 0. The van der Waals surface area contributed by atoms with E-state index < -0.39 is 5.91 Å². The molecule has 0 N–H and O–H groups in total. The summed E-state index contributed by atoms with van der Waals surface area (Å²) in [6, 6.07) is 7.23. The highest BCUT2D eigenvalue weighted by Gasteiger charge is 2.34. The third kappa shape index (κ3) is 3.85. The second-order valence-electron chi connectivity index (χ2n) is 6.67. The van der Waals surface area contributed by atoms with E-state index in [2.05, 4.69) is 25.4 Å². The van der Waals surface area contributed by atoms with Gasteiger partial charge in [0.1, 0.15) is 4.38 Å². The van der Waals surface area contributed by atoms with Crippen LogP contribution in [0.25, 0.3) is 0 Å². The SMILES string of the molecule is C=C1SC(SCCCCCN2C(=O)C(=O)c3ccccc32)=NC1(C)C. The van der Waals surface area contributed by atoms with Crippen LogP contribution in [0.3, 0.4) is 0 Å². The van der Waals surface area contributed by atoms with Gasteiger partial charge in [0.15, 0.2) is 0 Å². The number of hydrogen-bond acceptors (Lipinski definition) is 5. The van der Waals surface area contributed by atoms with Gasteiger partial charge in [-0.25, -0.2) is 0 Å². The van der Waals surface area contributed by atoms with E-state index in [0.29, 0.717) is 12.1 Å². The number of nitrogens with zero attached hydrogens (tertiary/aromatic N) is 2. The number of benzene rings is 1. The van der Waals surface area contributed by atoms with Crippen LogP contribution in [-0.2, 0) is 4.79 Å². The van der Waals surface area contributed by atoms with E-state index in [4.69, 9.17) is 0 Å². The molecule has 3 rings (SSSR count). The number of thioether (sulfide) groups is 2. The molecule has 0 saturated carbocycles. The molecule has 0 spiro atoms. The van der Waals surface area contributed by atoms with Gasteiger partial charge in [0.25, 0.3) is 11.7 Å². The van der Waals surface area contributed by atoms with Crippen molar-refractivity contribution in [2.75, 3.05) is 17.2 Å². The average molecular weight is 375 g/mol. The van der Waals surface area contributed by atoms with Crippen molar-refractivity contribution in [1.29, 1.82) is 0 Å². The average Bonchev–Trinajstić information content (AvgIpc) is 2.98. The molecule has 1 aromatic carbocycles. The smallest absolute Gasteiger partial charge is 0.299 e. The Morgan fingerprint density at radius 2 is 1.96 bits per heavy atom. The minimum Gasteiger partial charge on any atom is -0.305 e. The van der Waals surface area contributed by atoms with Gasteiger partial charge >= 0.3 is 0 Å². The number of ketones is 1. The predicted octanol–water partition coefficient (Wildman–Crippen LogP) is 4.51. The molecule has 2 heterocycles. The van der Waals surface area contributed by atoms with Crippen molar-refractivity contribution in [3.63, 3.8) is 0 Å². The Hall–Kier alpha value is -1.53. The van der Waals surface area contributed by atoms with Crippen LogP contribution in [0, 0.1) is 0 Å². The lowest BCUT2D eigenvalue weighted by Gasteiger charge is -2.16. The Balaban J connectivity index is 1.41. The van der Waals surface area contributed by atoms with Crippen molar-refractivity contribution < 1.29 is 9.59 Å². The van der Waals surface area contributed by atoms with Gasteiger partial charge < -0.3 is 4.90 Å². The topological polar surface area (TPSA) is 49.7 Å². The van der Waals surface area contributed by atoms with Crippen LogP contribution in [0.5, 0.6) is 0 Å². The van der Waals surface area contributed by atoms with Gasteiger partial charge in [-0.05, 0) is 38.8 Å². The molecule has 0 aromatic heterocycles. The summed E-state index contributed by atoms with van der Waals surface area (Å²) in [4.78, 5) is 31.4. The first-order valence-electron chi connectivity index (χ1n) is 8.45. The molecule has 0 unspecified atom stereocenters. The van der Waals surface area contributed by atoms with Crippen molar-refractivity contribution in [3.8, 4) is 0 Å². The number of carbonyl (C=O) groups excluding carboxylic acids is 2. The number of anilines is 1. The van der Waals surface area contributed by atoms with Crippen molar-refractivity contribution in [3.05, 3.63) is 41.3 Å². The Bertz CT molecular complexity index is 756. The number of aliphatic imine (C=N–C) groups is 1. The molecule has 1 amide bonds. The van der Waals surface area contributed by atoms with Gasteiger partial charge in [0.2, 0.25) is 0 Å². The molecule has 132 valence electrons. The van der Waals surface area contributed by atoms with E-state index >= 15 is 0 Å². The van der Waals surface area contributed by atoms with Gasteiger partial charge in [-0.3, -0.25) is 14.6 Å². The molecule has 25 heavy (non-hydrogen) atoms. The molecule has 0 fully saturated rings. The molecule has 2 aliphatic rings. The number of fused-ring (bicyclic) bond motifs is 1. The highest BCUT2D eigenvalue weighted by Crippen LogP contribution is 2.41. The van der Waals surface area contributed by atoms with E-state index in [1.54, 1.807) is 40.6 Å². The van der Waals surface area contributed by atoms with Crippen LogP contribution in [0.15, 0.2) is 40.7 Å². The summed E-state index contributed by atoms with van der Waals surface area (Å²) in [5.74, 6) is 0.233. The van der Waals surface area contributed by atoms with Crippen molar-refractivity contribution in [2.24, 2.45) is 4.99 Å². The largest absolute Gasteiger partial charge is 0.305 e. The highest BCUT2D eigenvalue weighted by molar-refractivity contribution is 8.40. The maximum absolute atomic E-state index is 12.1. The molecule has 1 aromatic rings. The Morgan fingerprint density at radius 1 is 1.20 bits per heavy atom. The van der Waals surface area contributed by atoms with E-state index in [1.165, 1.54) is 0 Å². The van der Waals surface area contributed by atoms with Gasteiger partial charge in [-0.1, -0.05) is 48.7 Å². The van der Waals surface area contributed by atoms with Crippen LogP contribution in [0.4, 0.5) is 5.69 Å². The molecule has 2 aliphatic heterocycles. The molecule has 0 saturated heterocycles. The zero-order valence-electron chi connectivity index (χ0n) is 14.6. The monoisotopic (exact) mass is 374 g/mol. The molecular formula is C19H22N2O2S2. The maximum Gasteiger partial charge on any atom is 0.299 e. The third-order valence-electron chi connectivity index (χ3n) is 4.39. The minimum atomic E-state index is -0.395. The van der Waals surface area contributed by atoms with E-state index in [0.717, 1.165) is 40.0 Å². The fourth-order valence-corrected chi connectivity index (χ4v) is 5.17. The molecular weight excluding hydrogens is 352 g/mol. The number of amides is 1. The zero-order valence-corrected chi connectivity index (χ0v) is 16.2. The molecule has 0 atom stereocenters. The lowest BCUT2D eigenvalue weighted by atomic mass is 10.1. The zero-order chi connectivity index (χ0) is 18.0. The standard InChI is InChI=1S/C19H22N2O2S2/c1-13-19(2,3)20-18(25-13)24-12-8-4-7-11-21-15-10-6-5-9-14(15)16(22)17(21)23/h5-6,9-10H,1,4,7-8,11-12H2,2-3H3. The minimum absolute atomic E-state index is 0.150. The van der Waals surface area contributed by atoms with E-state index in [1.807, 2.05) is 12.1 Å². The van der Waals surface area contributed by atoms with Crippen LogP contribution in [-0.4, -0.2) is 33.9 Å². The first-order chi connectivity index (χ1) is 11.9. The summed E-state index contributed by atoms with van der Waals surface area (Å²) < 4.78 is 1.10. The summed E-state index contributed by atoms with van der Waals surface area (Å²) in [5, 5.41) is 0. The number of carbonyl (C=O) groups is 2. The van der Waals surface area contributed by atoms with Crippen LogP contribution in [0.2, 0.25) is 0 Å². The fraction of sp³-hybridized carbons (Fsp3) is 0.421. The Morgan fingerprint density at radius 3 is 2.68 bits per heavy atom. The normalized spacial score (nSPS) is 18.7. The third-order valence-corrected chi connectivity index (χ3v) is 6.84. The quantitative estimate of drug-likeness (QED) is 0.543. The second-order valence-corrected chi connectivity index (χ2v) is 9.10. The molecule has 0 bridgehead atoms. The highest BCUT2D eigenvalue weighted by atomic mass is 32.2. The Kier molecular flexibility index (Phi) is 5.39. The van der Waals surface area contributed by atoms with Crippen molar-refractivity contribution in [2.45, 2.75) is 38.6 Å². The van der Waals surface area contributed by atoms with Gasteiger partial charge in [-0.2, -0.15) is 0 Å². The van der Waals surface area contributed by atoms with Crippen molar-refractivity contribution in [1.82, 2.24) is 0 Å². The number of Topliss-reactive ketones (excluding diaryl/α,β-unsaturated/α-hetero) is 1. The van der Waals surface area contributed by atoms with E-state index in [9.17, 15) is 9.59 Å². The number of para-hydroxylation sites is 1. The summed E-state index contributed by atoms with van der Waals surface area (Å²) in [5.41, 5.74) is 1.13. The maximum atomic E-state index is 12.1. The number of unbranched alkanes of at least 4 members (excludes halogenated alkanes) is 2. The lowest BCUT2D eigenvalue weighted by molar-refractivity contribution is -0.114. The van der Waals surface area contributed by atoms with Crippen LogP contribution in [0.1, 0.15) is 43.5 Å². The Labute approximate surface area is 157 Å². The second kappa shape index (κ2) is 7.38. The summed E-state index contributed by atoms with van der Waals surface area (Å²) >= 11 is 3.46. The van der Waals surface area contributed by atoms with E-state index in [-0.39, 0.29) is 11.3 Å². The number of hydrogen-bond donors (Lipinski definition) is 0. The first-order valence-corrected chi connectivity index (χ1v) is 10.3. The lowest BCUT2D eigenvalue weighted by Crippen LogP contribution is -2.30. The molecule has 0 radical (unpaired) electrons. The van der Waals surface area contributed by atoms with Gasteiger partial charge in [0.05, 0.1) is 16.8 Å². The molecule has 6 heteroatoms. The van der Waals surface area contributed by atoms with Gasteiger partial charge in [-0.15, -0.1) is 0 Å². The van der Waals surface area contributed by atoms with Crippen LogP contribution >= 0.6 is 23.5 Å². The molecule has 0 aliphatic carbocycles. The summed E-state index contributed by atoms with van der Waals surface area (Å²) in [6.07, 6.45) is 2.98. The van der Waals surface area contributed by atoms with Crippen LogP contribution < -0.4 is 4.90 Å². The molecule has 4 nitrogen and oxygen atoms in total. The predicted molar refractivity (Wildman–Crippen MR) is 108 cm³/mol. The number of rotatable bonds is 6. The first kappa shape index (κ1) is 18.3. The van der Waals surface area contributed by atoms with Crippen molar-refractivity contribution >= 4 is 45.3 Å².